The second kappa shape index (κ2) is 5.17. The zero-order valence-electron chi connectivity index (χ0n) is 11.2. The molecule has 96 valence electrons. The van der Waals surface area contributed by atoms with Gasteiger partial charge in [0.15, 0.2) is 0 Å². The number of nitrogens with one attached hydrogen (secondary N) is 1. The van der Waals surface area contributed by atoms with Crippen molar-refractivity contribution in [2.45, 2.75) is 57.9 Å². The Hall–Kier alpha value is -0.900. The molecular formula is C13H24N4. The van der Waals surface area contributed by atoms with Crippen molar-refractivity contribution in [3.63, 3.8) is 0 Å². The molecule has 1 aliphatic heterocycles. The van der Waals surface area contributed by atoms with E-state index in [1.807, 2.05) is 6.33 Å². The average molecular weight is 236 g/mol. The topological polar surface area (TPSA) is 42.7 Å². The van der Waals surface area contributed by atoms with Crippen LogP contribution in [-0.2, 0) is 5.41 Å². The largest absolute Gasteiger partial charge is 0.316 e. The van der Waals surface area contributed by atoms with Crippen LogP contribution in [0.3, 0.4) is 0 Å². The number of aromatic nitrogens is 3. The molecule has 0 aromatic carbocycles. The summed E-state index contributed by atoms with van der Waals surface area (Å²) in [6.07, 6.45) is 6.76. The van der Waals surface area contributed by atoms with Gasteiger partial charge in [-0.3, -0.25) is 0 Å². The fourth-order valence-corrected chi connectivity index (χ4v) is 2.96. The van der Waals surface area contributed by atoms with Gasteiger partial charge in [-0.25, -0.2) is 0 Å². The summed E-state index contributed by atoms with van der Waals surface area (Å²) in [5.41, 5.74) is 0.202. The zero-order chi connectivity index (χ0) is 12.3. The molecule has 1 N–H and O–H groups in total. The monoisotopic (exact) mass is 236 g/mol. The van der Waals surface area contributed by atoms with Crippen molar-refractivity contribution in [3.8, 4) is 0 Å². The molecule has 0 bridgehead atoms. The van der Waals surface area contributed by atoms with E-state index >= 15 is 0 Å². The van der Waals surface area contributed by atoms with Crippen LogP contribution in [0.4, 0.5) is 0 Å². The van der Waals surface area contributed by atoms with Crippen molar-refractivity contribution >= 4 is 0 Å². The van der Waals surface area contributed by atoms with Crippen LogP contribution >= 0.6 is 0 Å². The predicted octanol–water partition coefficient (Wildman–Crippen LogP) is 2.28. The molecule has 1 fully saturated rings. The van der Waals surface area contributed by atoms with Gasteiger partial charge in [-0.05, 0) is 39.7 Å². The summed E-state index contributed by atoms with van der Waals surface area (Å²) in [5, 5.41) is 12.1. The maximum atomic E-state index is 4.42. The van der Waals surface area contributed by atoms with Crippen LogP contribution in [0.25, 0.3) is 0 Å². The third kappa shape index (κ3) is 2.37. The Morgan fingerprint density at radius 3 is 2.94 bits per heavy atom. The van der Waals surface area contributed by atoms with Crippen LogP contribution in [0.2, 0.25) is 0 Å². The summed E-state index contributed by atoms with van der Waals surface area (Å²) in [6, 6.07) is 0.440. The molecule has 0 aliphatic carbocycles. The van der Waals surface area contributed by atoms with Gasteiger partial charge >= 0.3 is 0 Å². The molecule has 2 rings (SSSR count). The van der Waals surface area contributed by atoms with Crippen LogP contribution < -0.4 is 5.32 Å². The van der Waals surface area contributed by atoms with Gasteiger partial charge in [0.1, 0.15) is 12.2 Å². The third-order valence-electron chi connectivity index (χ3n) is 3.80. The Kier molecular flexibility index (Phi) is 3.82. The smallest absolute Gasteiger partial charge is 0.140 e. The van der Waals surface area contributed by atoms with E-state index in [0.29, 0.717) is 6.04 Å². The van der Waals surface area contributed by atoms with Crippen LogP contribution in [0.15, 0.2) is 6.33 Å². The van der Waals surface area contributed by atoms with Gasteiger partial charge in [0.2, 0.25) is 0 Å². The highest BCUT2D eigenvalue weighted by molar-refractivity contribution is 5.11. The van der Waals surface area contributed by atoms with Crippen molar-refractivity contribution in [1.82, 2.24) is 20.1 Å². The normalized spacial score (nSPS) is 25.4. The lowest BCUT2D eigenvalue weighted by Crippen LogP contribution is -2.45. The molecule has 0 amide bonds. The highest BCUT2D eigenvalue weighted by atomic mass is 15.3. The average Bonchev–Trinajstić information content (AvgIpc) is 2.80. The number of hydrogen-bond acceptors (Lipinski definition) is 3. The maximum Gasteiger partial charge on any atom is 0.140 e. The molecule has 2 heterocycles. The van der Waals surface area contributed by atoms with Crippen molar-refractivity contribution < 1.29 is 0 Å². The maximum absolute atomic E-state index is 4.42. The fraction of sp³-hybridized carbons (Fsp3) is 0.846. The number of hydrogen-bond donors (Lipinski definition) is 1. The van der Waals surface area contributed by atoms with Crippen LogP contribution in [0, 0.1) is 0 Å². The highest BCUT2D eigenvalue weighted by Gasteiger charge is 2.37. The lowest BCUT2D eigenvalue weighted by Gasteiger charge is -2.37. The lowest BCUT2D eigenvalue weighted by atomic mass is 9.76. The molecule has 1 saturated heterocycles. The molecule has 17 heavy (non-hydrogen) atoms. The van der Waals surface area contributed by atoms with Gasteiger partial charge in [0.25, 0.3) is 0 Å². The summed E-state index contributed by atoms with van der Waals surface area (Å²) in [6.45, 7) is 8.84. The first kappa shape index (κ1) is 12.6. The van der Waals surface area contributed by atoms with E-state index < -0.39 is 0 Å². The van der Waals surface area contributed by atoms with Gasteiger partial charge in [0.05, 0.1) is 0 Å². The molecule has 1 aliphatic rings. The first-order chi connectivity index (χ1) is 8.19. The summed E-state index contributed by atoms with van der Waals surface area (Å²) in [7, 11) is 0. The molecule has 0 radical (unpaired) electrons. The summed E-state index contributed by atoms with van der Waals surface area (Å²) < 4.78 is 2.24. The van der Waals surface area contributed by atoms with E-state index in [1.54, 1.807) is 0 Å². The minimum Gasteiger partial charge on any atom is -0.316 e. The third-order valence-corrected chi connectivity index (χ3v) is 3.80. The van der Waals surface area contributed by atoms with Crippen LogP contribution in [0.1, 0.15) is 58.3 Å². The van der Waals surface area contributed by atoms with Gasteiger partial charge in [-0.2, -0.15) is 0 Å². The fourth-order valence-electron chi connectivity index (χ4n) is 2.96. The van der Waals surface area contributed by atoms with Crippen molar-refractivity contribution in [3.05, 3.63) is 12.2 Å². The van der Waals surface area contributed by atoms with Crippen molar-refractivity contribution in [1.29, 1.82) is 0 Å². The Bertz CT molecular complexity index is 345. The zero-order valence-corrected chi connectivity index (χ0v) is 11.2. The molecule has 1 unspecified atom stereocenters. The van der Waals surface area contributed by atoms with E-state index in [0.717, 1.165) is 13.1 Å². The standard InChI is InChI=1S/C13H24N4/c1-4-6-13(7-5-8-14-9-13)12-16-15-10-17(12)11(2)3/h10-11,14H,4-9H2,1-3H3. The molecular weight excluding hydrogens is 212 g/mol. The van der Waals surface area contributed by atoms with E-state index in [4.69, 9.17) is 0 Å². The van der Waals surface area contributed by atoms with Gasteiger partial charge < -0.3 is 9.88 Å². The molecule has 1 aromatic heterocycles. The first-order valence-corrected chi connectivity index (χ1v) is 6.80. The van der Waals surface area contributed by atoms with Gasteiger partial charge in [0, 0.05) is 18.0 Å². The van der Waals surface area contributed by atoms with Crippen molar-refractivity contribution in [2.24, 2.45) is 0 Å². The second-order valence-corrected chi connectivity index (χ2v) is 5.47. The number of rotatable bonds is 4. The summed E-state index contributed by atoms with van der Waals surface area (Å²) in [4.78, 5) is 0. The summed E-state index contributed by atoms with van der Waals surface area (Å²) >= 11 is 0. The van der Waals surface area contributed by atoms with Crippen molar-refractivity contribution in [2.75, 3.05) is 13.1 Å². The summed E-state index contributed by atoms with van der Waals surface area (Å²) in [5.74, 6) is 1.18. The van der Waals surface area contributed by atoms with E-state index in [2.05, 4.69) is 40.9 Å². The quantitative estimate of drug-likeness (QED) is 0.872. The van der Waals surface area contributed by atoms with Gasteiger partial charge in [-0.15, -0.1) is 10.2 Å². The molecule has 1 atom stereocenters. The Balaban J connectivity index is 2.34. The first-order valence-electron chi connectivity index (χ1n) is 6.80. The predicted molar refractivity (Wildman–Crippen MR) is 69.1 cm³/mol. The number of nitrogens with zero attached hydrogens (tertiary/aromatic N) is 3. The van der Waals surface area contributed by atoms with E-state index in [9.17, 15) is 0 Å². The Morgan fingerprint density at radius 2 is 2.35 bits per heavy atom. The van der Waals surface area contributed by atoms with Gasteiger partial charge in [-0.1, -0.05) is 13.3 Å². The molecule has 4 heteroatoms. The molecule has 4 nitrogen and oxygen atoms in total. The lowest BCUT2D eigenvalue weighted by molar-refractivity contribution is 0.263. The minimum atomic E-state index is 0.202. The second-order valence-electron chi connectivity index (χ2n) is 5.47. The minimum absolute atomic E-state index is 0.202. The SMILES string of the molecule is CCCC1(c2nncn2C(C)C)CCCNC1. The highest BCUT2D eigenvalue weighted by Crippen LogP contribution is 2.35. The Morgan fingerprint density at radius 1 is 1.53 bits per heavy atom. The van der Waals surface area contributed by atoms with Crippen LogP contribution in [-0.4, -0.2) is 27.9 Å². The number of piperidine rings is 1. The molecule has 0 saturated carbocycles. The van der Waals surface area contributed by atoms with Crippen LogP contribution in [0.5, 0.6) is 0 Å². The van der Waals surface area contributed by atoms with E-state index in [1.165, 1.54) is 31.5 Å². The molecule has 0 spiro atoms. The Labute approximate surface area is 104 Å². The molecule has 1 aromatic rings. The van der Waals surface area contributed by atoms with E-state index in [-0.39, 0.29) is 5.41 Å².